The third kappa shape index (κ3) is 2.44. The van der Waals surface area contributed by atoms with Crippen LogP contribution in [0.3, 0.4) is 0 Å². The number of para-hydroxylation sites is 1. The fourth-order valence-corrected chi connectivity index (χ4v) is 4.05. The third-order valence-electron chi connectivity index (χ3n) is 5.38. The number of likely N-dealkylation sites (tertiary alicyclic amines) is 2. The highest BCUT2D eigenvalue weighted by Gasteiger charge is 2.49. The average Bonchev–Trinajstić information content (AvgIpc) is 3.11. The largest absolute Gasteiger partial charge is 0.451 e. The molecule has 1 aromatic heterocycles. The second-order valence-corrected chi connectivity index (χ2v) is 6.95. The normalized spacial score (nSPS) is 24.6. The van der Waals surface area contributed by atoms with E-state index in [1.165, 1.54) is 0 Å². The topological polar surface area (TPSA) is 56.9 Å². The van der Waals surface area contributed by atoms with E-state index in [9.17, 15) is 9.90 Å². The number of benzene rings is 1. The summed E-state index contributed by atoms with van der Waals surface area (Å²) in [5.41, 5.74) is 0.509. The molecule has 4 rings (SSSR count). The van der Waals surface area contributed by atoms with Crippen LogP contribution in [0, 0.1) is 0 Å². The number of hydrogen-bond donors (Lipinski definition) is 1. The maximum atomic E-state index is 13.0. The number of aliphatic hydroxyl groups is 1. The van der Waals surface area contributed by atoms with E-state index in [1.54, 1.807) is 0 Å². The van der Waals surface area contributed by atoms with Crippen molar-refractivity contribution in [3.05, 3.63) is 36.1 Å². The van der Waals surface area contributed by atoms with Crippen molar-refractivity contribution in [2.45, 2.75) is 30.9 Å². The first-order chi connectivity index (χ1) is 11.1. The number of fused-ring (bicyclic) bond motifs is 1. The van der Waals surface area contributed by atoms with Crippen LogP contribution in [-0.2, 0) is 0 Å². The summed E-state index contributed by atoms with van der Waals surface area (Å²) >= 11 is 0. The molecule has 5 heteroatoms. The standard InChI is InChI=1S/C18H22N2O3/c1-19-8-6-18(7-9-19)11-14(21)12-20(18)17(22)16-10-13-4-2-3-5-15(13)23-16/h2-5,10,14,21H,6-9,11-12H2,1H3. The van der Waals surface area contributed by atoms with Crippen LogP contribution in [0.5, 0.6) is 0 Å². The van der Waals surface area contributed by atoms with Crippen molar-refractivity contribution in [1.82, 2.24) is 9.80 Å². The Bertz CT molecular complexity index is 698. The minimum atomic E-state index is -0.438. The van der Waals surface area contributed by atoms with Crippen molar-refractivity contribution in [2.75, 3.05) is 26.7 Å². The molecule has 1 spiro atoms. The first-order valence-electron chi connectivity index (χ1n) is 8.25. The summed E-state index contributed by atoms with van der Waals surface area (Å²) < 4.78 is 5.75. The Morgan fingerprint density at radius 3 is 2.78 bits per heavy atom. The molecule has 2 fully saturated rings. The lowest BCUT2D eigenvalue weighted by Crippen LogP contribution is -2.53. The van der Waals surface area contributed by atoms with Gasteiger partial charge in [0.2, 0.25) is 0 Å². The second kappa shape index (κ2) is 5.35. The Morgan fingerprint density at radius 1 is 1.30 bits per heavy atom. The quantitative estimate of drug-likeness (QED) is 0.876. The Labute approximate surface area is 135 Å². The number of rotatable bonds is 1. The highest BCUT2D eigenvalue weighted by atomic mass is 16.3. The molecular formula is C18H22N2O3. The highest BCUT2D eigenvalue weighted by molar-refractivity contribution is 5.96. The molecule has 2 aliphatic heterocycles. The van der Waals surface area contributed by atoms with Crippen molar-refractivity contribution in [3.63, 3.8) is 0 Å². The van der Waals surface area contributed by atoms with Gasteiger partial charge in [-0.15, -0.1) is 0 Å². The molecule has 2 aromatic rings. The van der Waals surface area contributed by atoms with Gasteiger partial charge in [-0.2, -0.15) is 0 Å². The number of nitrogens with zero attached hydrogens (tertiary/aromatic N) is 2. The summed E-state index contributed by atoms with van der Waals surface area (Å²) in [6.45, 7) is 2.31. The van der Waals surface area contributed by atoms with Crippen LogP contribution in [0.25, 0.3) is 11.0 Å². The molecule has 0 saturated carbocycles. The summed E-state index contributed by atoms with van der Waals surface area (Å²) in [4.78, 5) is 17.2. The summed E-state index contributed by atoms with van der Waals surface area (Å²) in [6.07, 6.45) is 2.05. The predicted molar refractivity (Wildman–Crippen MR) is 87.3 cm³/mol. The van der Waals surface area contributed by atoms with Gasteiger partial charge in [-0.05, 0) is 38.4 Å². The first kappa shape index (κ1) is 14.7. The molecule has 3 heterocycles. The number of hydrogen-bond acceptors (Lipinski definition) is 4. The lowest BCUT2D eigenvalue weighted by Gasteiger charge is -2.43. The number of aliphatic hydroxyl groups excluding tert-OH is 1. The second-order valence-electron chi connectivity index (χ2n) is 6.95. The maximum Gasteiger partial charge on any atom is 0.290 e. The number of β-amino-alcohol motifs (C(OH)–C–C–N with tert-alkyl or cyclic N) is 1. The van der Waals surface area contributed by atoms with E-state index in [-0.39, 0.29) is 11.4 Å². The van der Waals surface area contributed by atoms with Crippen molar-refractivity contribution in [2.24, 2.45) is 0 Å². The molecule has 0 radical (unpaired) electrons. The molecule has 2 aliphatic rings. The summed E-state index contributed by atoms with van der Waals surface area (Å²) in [7, 11) is 2.10. The van der Waals surface area contributed by atoms with Gasteiger partial charge in [0.15, 0.2) is 5.76 Å². The zero-order valence-electron chi connectivity index (χ0n) is 13.4. The SMILES string of the molecule is CN1CCC2(CC1)CC(O)CN2C(=O)c1cc2ccccc2o1. The van der Waals surface area contributed by atoms with Crippen molar-refractivity contribution < 1.29 is 14.3 Å². The van der Waals surface area contributed by atoms with Crippen LogP contribution in [0.4, 0.5) is 0 Å². The van der Waals surface area contributed by atoms with Gasteiger partial charge in [-0.25, -0.2) is 0 Å². The highest BCUT2D eigenvalue weighted by Crippen LogP contribution is 2.39. The molecule has 1 aromatic carbocycles. The molecule has 1 N–H and O–H groups in total. The molecule has 1 unspecified atom stereocenters. The monoisotopic (exact) mass is 314 g/mol. The first-order valence-corrected chi connectivity index (χ1v) is 8.25. The van der Waals surface area contributed by atoms with Gasteiger partial charge in [-0.1, -0.05) is 18.2 Å². The van der Waals surface area contributed by atoms with Gasteiger partial charge in [0.1, 0.15) is 5.58 Å². The lowest BCUT2D eigenvalue weighted by molar-refractivity contribution is 0.0383. The fraction of sp³-hybridized carbons (Fsp3) is 0.500. The van der Waals surface area contributed by atoms with E-state index in [0.717, 1.165) is 36.9 Å². The summed E-state index contributed by atoms with van der Waals surface area (Å²) in [6, 6.07) is 9.46. The number of carbonyl (C=O) groups is 1. The molecular weight excluding hydrogens is 292 g/mol. The minimum absolute atomic E-state index is 0.0951. The summed E-state index contributed by atoms with van der Waals surface area (Å²) in [5, 5.41) is 11.1. The average molecular weight is 314 g/mol. The Morgan fingerprint density at radius 2 is 2.04 bits per heavy atom. The van der Waals surface area contributed by atoms with Crippen molar-refractivity contribution in [3.8, 4) is 0 Å². The molecule has 0 bridgehead atoms. The van der Waals surface area contributed by atoms with Gasteiger partial charge >= 0.3 is 0 Å². The number of carbonyl (C=O) groups excluding carboxylic acids is 1. The van der Waals surface area contributed by atoms with Crippen LogP contribution in [0.2, 0.25) is 0 Å². The molecule has 23 heavy (non-hydrogen) atoms. The van der Waals surface area contributed by atoms with Crippen molar-refractivity contribution in [1.29, 1.82) is 0 Å². The molecule has 1 amide bonds. The Hall–Kier alpha value is -1.85. The van der Waals surface area contributed by atoms with E-state index >= 15 is 0 Å². The Balaban J connectivity index is 1.65. The molecule has 0 aliphatic carbocycles. The lowest BCUT2D eigenvalue weighted by atomic mass is 9.84. The van der Waals surface area contributed by atoms with Crippen LogP contribution >= 0.6 is 0 Å². The molecule has 5 nitrogen and oxygen atoms in total. The van der Waals surface area contributed by atoms with Crippen LogP contribution < -0.4 is 0 Å². The maximum absolute atomic E-state index is 13.0. The summed E-state index contributed by atoms with van der Waals surface area (Å²) in [5.74, 6) is 0.279. The fourth-order valence-electron chi connectivity index (χ4n) is 4.05. The zero-order valence-corrected chi connectivity index (χ0v) is 13.4. The van der Waals surface area contributed by atoms with Crippen LogP contribution in [0.1, 0.15) is 29.8 Å². The van der Waals surface area contributed by atoms with Gasteiger partial charge in [-0.3, -0.25) is 4.79 Å². The van der Waals surface area contributed by atoms with Gasteiger partial charge in [0.05, 0.1) is 6.10 Å². The van der Waals surface area contributed by atoms with E-state index in [4.69, 9.17) is 4.42 Å². The van der Waals surface area contributed by atoms with Gasteiger partial charge in [0, 0.05) is 30.6 Å². The number of piperidine rings is 1. The number of furan rings is 1. The van der Waals surface area contributed by atoms with E-state index in [1.807, 2.05) is 35.2 Å². The van der Waals surface area contributed by atoms with Crippen LogP contribution in [-0.4, -0.2) is 59.1 Å². The van der Waals surface area contributed by atoms with Crippen molar-refractivity contribution >= 4 is 16.9 Å². The van der Waals surface area contributed by atoms with Crippen LogP contribution in [0.15, 0.2) is 34.7 Å². The zero-order chi connectivity index (χ0) is 16.0. The van der Waals surface area contributed by atoms with E-state index in [2.05, 4.69) is 11.9 Å². The third-order valence-corrected chi connectivity index (χ3v) is 5.38. The van der Waals surface area contributed by atoms with E-state index in [0.29, 0.717) is 18.7 Å². The van der Waals surface area contributed by atoms with E-state index < -0.39 is 6.10 Å². The minimum Gasteiger partial charge on any atom is -0.451 e. The molecule has 2 saturated heterocycles. The Kier molecular flexibility index (Phi) is 3.43. The predicted octanol–water partition coefficient (Wildman–Crippen LogP) is 2.10. The van der Waals surface area contributed by atoms with Gasteiger partial charge < -0.3 is 19.3 Å². The molecule has 122 valence electrons. The number of amides is 1. The molecule has 1 atom stereocenters. The smallest absolute Gasteiger partial charge is 0.290 e. The van der Waals surface area contributed by atoms with Gasteiger partial charge in [0.25, 0.3) is 5.91 Å².